The standard InChI is InChI=1S/C38H36N2O8S2/c41-35(42)33(39-37(45)47-21-31-27-13-5-1-9-23(27)24-10-2-6-14-28(24)31)17-19-49-50-20-18-34(36(43)44)40-38(46)48-22-32-29-15-7-3-11-25(29)26-12-4-8-16-30(26)32/h1-16,31-34H,17-22H2,(H,39,45)(H,40,46)(H,41,42)(H,43,44)/t33-,34?/m0/s1. The van der Waals surface area contributed by atoms with Gasteiger partial charge in [-0.25, -0.2) is 19.2 Å². The summed E-state index contributed by atoms with van der Waals surface area (Å²) in [5.41, 5.74) is 8.62. The summed E-state index contributed by atoms with van der Waals surface area (Å²) in [5, 5.41) is 24.3. The number of carbonyl (C=O) groups excluding carboxylic acids is 2. The molecule has 0 saturated heterocycles. The minimum Gasteiger partial charge on any atom is -0.480 e. The summed E-state index contributed by atoms with van der Waals surface area (Å²) in [6.07, 6.45) is -1.34. The Morgan fingerprint density at radius 1 is 0.540 bits per heavy atom. The van der Waals surface area contributed by atoms with Gasteiger partial charge in [0.25, 0.3) is 0 Å². The number of ether oxygens (including phenoxy) is 2. The van der Waals surface area contributed by atoms with E-state index >= 15 is 0 Å². The first-order chi connectivity index (χ1) is 24.3. The molecule has 2 amide bonds. The normalized spacial score (nSPS) is 14.0. The van der Waals surface area contributed by atoms with Gasteiger partial charge in [-0.2, -0.15) is 0 Å². The van der Waals surface area contributed by atoms with E-state index in [4.69, 9.17) is 9.47 Å². The number of fused-ring (bicyclic) bond motifs is 6. The monoisotopic (exact) mass is 712 g/mol. The lowest BCUT2D eigenvalue weighted by molar-refractivity contribution is -0.140. The molecule has 0 spiro atoms. The SMILES string of the molecule is O=C(NC(CCSSCC[C@H](NC(=O)OCC1c2ccccc2-c2ccccc21)C(=O)O)C(=O)O)OCC1c2ccccc2-c2ccccc21. The van der Waals surface area contributed by atoms with Crippen LogP contribution in [0.25, 0.3) is 22.3 Å². The molecular weight excluding hydrogens is 677 g/mol. The van der Waals surface area contributed by atoms with E-state index in [-0.39, 0.29) is 37.9 Å². The number of carboxylic acids is 2. The van der Waals surface area contributed by atoms with Gasteiger partial charge in [-0.1, -0.05) is 119 Å². The molecule has 0 saturated carbocycles. The van der Waals surface area contributed by atoms with E-state index in [9.17, 15) is 29.4 Å². The second-order valence-electron chi connectivity index (χ2n) is 11.9. The van der Waals surface area contributed by atoms with Gasteiger partial charge in [-0.3, -0.25) is 0 Å². The molecule has 50 heavy (non-hydrogen) atoms. The van der Waals surface area contributed by atoms with Crippen LogP contribution in [0.4, 0.5) is 9.59 Å². The number of carbonyl (C=O) groups is 4. The molecular formula is C38H36N2O8S2. The topological polar surface area (TPSA) is 151 Å². The highest BCUT2D eigenvalue weighted by Crippen LogP contribution is 2.45. The highest BCUT2D eigenvalue weighted by Gasteiger charge is 2.31. The number of amides is 2. The molecule has 2 aliphatic rings. The molecule has 6 rings (SSSR count). The van der Waals surface area contributed by atoms with E-state index < -0.39 is 36.2 Å². The Kier molecular flexibility index (Phi) is 11.3. The molecule has 0 heterocycles. The van der Waals surface area contributed by atoms with Crippen LogP contribution < -0.4 is 10.6 Å². The zero-order valence-corrected chi connectivity index (χ0v) is 28.6. The van der Waals surface area contributed by atoms with Crippen molar-refractivity contribution in [1.29, 1.82) is 0 Å². The lowest BCUT2D eigenvalue weighted by Gasteiger charge is -2.18. The predicted octanol–water partition coefficient (Wildman–Crippen LogP) is 7.13. The Labute approximate surface area is 297 Å². The van der Waals surface area contributed by atoms with Crippen molar-refractivity contribution >= 4 is 45.7 Å². The lowest BCUT2D eigenvalue weighted by atomic mass is 9.98. The molecule has 12 heteroatoms. The number of carboxylic acid groups (broad SMARTS) is 2. The first-order valence-electron chi connectivity index (χ1n) is 16.2. The van der Waals surface area contributed by atoms with Crippen molar-refractivity contribution in [2.24, 2.45) is 0 Å². The van der Waals surface area contributed by atoms with Gasteiger partial charge in [0.1, 0.15) is 25.3 Å². The Morgan fingerprint density at radius 2 is 0.840 bits per heavy atom. The first-order valence-corrected chi connectivity index (χ1v) is 18.7. The van der Waals surface area contributed by atoms with E-state index in [1.165, 1.54) is 21.6 Å². The number of rotatable bonds is 15. The fraction of sp³-hybridized carbons (Fsp3) is 0.263. The highest BCUT2D eigenvalue weighted by molar-refractivity contribution is 8.76. The van der Waals surface area contributed by atoms with Crippen LogP contribution in [0.15, 0.2) is 97.1 Å². The van der Waals surface area contributed by atoms with Crippen molar-refractivity contribution in [2.45, 2.75) is 36.8 Å². The van der Waals surface area contributed by atoms with Crippen LogP contribution in [0.3, 0.4) is 0 Å². The highest BCUT2D eigenvalue weighted by atomic mass is 33.1. The van der Waals surface area contributed by atoms with E-state index in [2.05, 4.69) is 10.6 Å². The fourth-order valence-corrected chi connectivity index (χ4v) is 8.71. The van der Waals surface area contributed by atoms with Crippen molar-refractivity contribution in [3.63, 3.8) is 0 Å². The molecule has 4 aromatic rings. The molecule has 0 bridgehead atoms. The van der Waals surface area contributed by atoms with Crippen molar-refractivity contribution in [3.8, 4) is 22.3 Å². The lowest BCUT2D eigenvalue weighted by Crippen LogP contribution is -2.42. The number of alkyl carbamates (subject to hydrolysis) is 2. The number of nitrogens with one attached hydrogen (secondary N) is 2. The fourth-order valence-electron chi connectivity index (χ4n) is 6.53. The average Bonchev–Trinajstić information content (AvgIpc) is 3.62. The van der Waals surface area contributed by atoms with E-state index in [0.717, 1.165) is 44.5 Å². The second-order valence-corrected chi connectivity index (χ2v) is 14.6. The third kappa shape index (κ3) is 7.92. The Morgan fingerprint density at radius 3 is 1.14 bits per heavy atom. The zero-order valence-electron chi connectivity index (χ0n) is 27.0. The predicted molar refractivity (Wildman–Crippen MR) is 193 cm³/mol. The molecule has 0 aliphatic heterocycles. The third-order valence-corrected chi connectivity index (χ3v) is 11.4. The maximum atomic E-state index is 12.6. The van der Waals surface area contributed by atoms with Gasteiger partial charge < -0.3 is 30.3 Å². The summed E-state index contributed by atoms with van der Waals surface area (Å²) >= 11 is 0. The number of benzene rings is 4. The van der Waals surface area contributed by atoms with Crippen LogP contribution in [-0.2, 0) is 19.1 Å². The van der Waals surface area contributed by atoms with Crippen LogP contribution >= 0.6 is 21.6 Å². The van der Waals surface area contributed by atoms with Gasteiger partial charge in [0.15, 0.2) is 0 Å². The minimum atomic E-state index is -1.18. The maximum absolute atomic E-state index is 12.6. The van der Waals surface area contributed by atoms with Crippen LogP contribution in [0.5, 0.6) is 0 Å². The van der Waals surface area contributed by atoms with E-state index in [0.29, 0.717) is 11.5 Å². The molecule has 0 aromatic heterocycles. The quantitative estimate of drug-likeness (QED) is 0.0740. The molecule has 4 aromatic carbocycles. The number of aliphatic carboxylic acids is 2. The van der Waals surface area contributed by atoms with Crippen molar-refractivity contribution < 1.29 is 38.9 Å². The van der Waals surface area contributed by atoms with Gasteiger partial charge in [0, 0.05) is 23.3 Å². The van der Waals surface area contributed by atoms with Crippen molar-refractivity contribution in [1.82, 2.24) is 10.6 Å². The van der Waals surface area contributed by atoms with Gasteiger partial charge in [0.2, 0.25) is 0 Å². The summed E-state index contributed by atoms with van der Waals surface area (Å²) in [4.78, 5) is 49.0. The van der Waals surface area contributed by atoms with Crippen molar-refractivity contribution in [3.05, 3.63) is 119 Å². The molecule has 10 nitrogen and oxygen atoms in total. The van der Waals surface area contributed by atoms with Crippen LogP contribution in [-0.4, -0.2) is 71.1 Å². The second kappa shape index (κ2) is 16.2. The summed E-state index contributed by atoms with van der Waals surface area (Å²) in [5.74, 6) is -1.89. The Balaban J connectivity index is 0.904. The van der Waals surface area contributed by atoms with E-state index in [1.807, 2.05) is 97.1 Å². The summed E-state index contributed by atoms with van der Waals surface area (Å²) < 4.78 is 11.0. The van der Waals surface area contributed by atoms with Gasteiger partial charge in [-0.15, -0.1) is 0 Å². The van der Waals surface area contributed by atoms with Crippen molar-refractivity contribution in [2.75, 3.05) is 24.7 Å². The first kappa shape index (κ1) is 34.9. The smallest absolute Gasteiger partial charge is 0.407 e. The van der Waals surface area contributed by atoms with Crippen LogP contribution in [0.2, 0.25) is 0 Å². The summed E-state index contributed by atoms with van der Waals surface area (Å²) in [6.45, 7) is 0.150. The van der Waals surface area contributed by atoms with Crippen LogP contribution in [0.1, 0.15) is 46.9 Å². The van der Waals surface area contributed by atoms with Gasteiger partial charge >= 0.3 is 24.1 Å². The number of hydrogen-bond acceptors (Lipinski definition) is 8. The largest absolute Gasteiger partial charge is 0.480 e. The van der Waals surface area contributed by atoms with Crippen LogP contribution in [0, 0.1) is 0 Å². The molecule has 1 unspecified atom stereocenters. The summed E-state index contributed by atoms with van der Waals surface area (Å²) in [6, 6.07) is 29.5. The van der Waals surface area contributed by atoms with E-state index in [1.54, 1.807) is 0 Å². The van der Waals surface area contributed by atoms with Gasteiger partial charge in [-0.05, 0) is 57.3 Å². The molecule has 0 radical (unpaired) electrons. The maximum Gasteiger partial charge on any atom is 0.407 e. The molecule has 2 atom stereocenters. The third-order valence-electron chi connectivity index (χ3n) is 8.93. The summed E-state index contributed by atoms with van der Waals surface area (Å²) in [7, 11) is 2.71. The zero-order chi connectivity index (χ0) is 35.0. The molecule has 2 aliphatic carbocycles. The Hall–Kier alpha value is -4.94. The molecule has 258 valence electrons. The van der Waals surface area contributed by atoms with Gasteiger partial charge in [0.05, 0.1) is 0 Å². The minimum absolute atomic E-state index is 0.0750. The average molecular weight is 713 g/mol. The molecule has 0 fully saturated rings. The Bertz CT molecular complexity index is 1660. The number of hydrogen-bond donors (Lipinski definition) is 4. The molecule has 4 N–H and O–H groups in total.